The van der Waals surface area contributed by atoms with Crippen molar-refractivity contribution in [1.82, 2.24) is 4.90 Å². The summed E-state index contributed by atoms with van der Waals surface area (Å²) in [5.74, 6) is 1.45. The Morgan fingerprint density at radius 2 is 2.00 bits per heavy atom. The summed E-state index contributed by atoms with van der Waals surface area (Å²) in [7, 11) is 2.25. The molecule has 0 aromatic heterocycles. The molecule has 1 aromatic rings. The lowest BCUT2D eigenvalue weighted by Gasteiger charge is -2.20. The highest BCUT2D eigenvalue weighted by Gasteiger charge is 2.14. The summed E-state index contributed by atoms with van der Waals surface area (Å²) in [4.78, 5) is 2.21. The molecule has 106 valence electrons. The zero-order valence-corrected chi connectivity index (χ0v) is 12.3. The van der Waals surface area contributed by atoms with E-state index in [1.54, 1.807) is 25.3 Å². The number of ether oxygens (including phenoxy) is 1. The summed E-state index contributed by atoms with van der Waals surface area (Å²) in [6.07, 6.45) is 1.14. The van der Waals surface area contributed by atoms with Crippen molar-refractivity contribution < 1.29 is 14.8 Å². The normalized spacial score (nSPS) is 11.2. The van der Waals surface area contributed by atoms with Crippen molar-refractivity contribution in [3.63, 3.8) is 0 Å². The molecule has 0 spiro atoms. The molecule has 0 aliphatic heterocycles. The maximum absolute atomic E-state index is 9.22. The van der Waals surface area contributed by atoms with Crippen molar-refractivity contribution in [2.45, 2.75) is 26.8 Å². The molecule has 0 amide bonds. The number of nitrogens with zero attached hydrogens (tertiary/aromatic N) is 1. The lowest BCUT2D eigenvalue weighted by Crippen LogP contribution is -2.31. The van der Waals surface area contributed by atoms with Gasteiger partial charge in [-0.05, 0) is 37.5 Å². The van der Waals surface area contributed by atoms with Gasteiger partial charge < -0.3 is 19.7 Å². The zero-order chi connectivity index (χ0) is 14.4. The van der Waals surface area contributed by atoms with Gasteiger partial charge in [-0.15, -0.1) is 0 Å². The predicted octanol–water partition coefficient (Wildman–Crippen LogP) is 0.853. The Kier molecular flexibility index (Phi) is 6.35. The summed E-state index contributed by atoms with van der Waals surface area (Å²) in [5.41, 5.74) is 1.47. The predicted molar refractivity (Wildman–Crippen MR) is 78.6 cm³/mol. The third-order valence-corrected chi connectivity index (χ3v) is 3.13. The first kappa shape index (κ1) is 16.0. The first-order chi connectivity index (χ1) is 8.93. The molecule has 1 aromatic carbocycles. The second-order valence-corrected chi connectivity index (χ2v) is 5.37. The van der Waals surface area contributed by atoms with Gasteiger partial charge in [0.1, 0.15) is 5.75 Å². The van der Waals surface area contributed by atoms with Gasteiger partial charge in [0.2, 0.25) is 0 Å². The number of rotatable bonds is 7. The average molecular weight is 265 g/mol. The lowest BCUT2D eigenvalue weighted by atomic mass is 9.79. The van der Waals surface area contributed by atoms with Crippen LogP contribution in [-0.4, -0.2) is 42.8 Å². The molecule has 0 heterocycles. The third kappa shape index (κ3) is 5.23. The van der Waals surface area contributed by atoms with E-state index in [4.69, 9.17) is 4.74 Å². The van der Waals surface area contributed by atoms with Crippen LogP contribution in [0, 0.1) is 5.92 Å². The summed E-state index contributed by atoms with van der Waals surface area (Å²) in [6.45, 7) is 6.15. The monoisotopic (exact) mass is 265 g/mol. The first-order valence-corrected chi connectivity index (χ1v) is 6.65. The molecule has 0 unspecified atom stereocenters. The van der Waals surface area contributed by atoms with Gasteiger partial charge in [-0.3, -0.25) is 0 Å². The molecule has 0 fully saturated rings. The molecule has 0 atom stereocenters. The van der Waals surface area contributed by atoms with Crippen LogP contribution in [0.5, 0.6) is 5.75 Å². The Bertz CT molecular complexity index is 396. The number of hydrogen-bond donors (Lipinski definition) is 2. The van der Waals surface area contributed by atoms with Gasteiger partial charge in [0.15, 0.2) is 0 Å². The third-order valence-electron chi connectivity index (χ3n) is 3.13. The molecular formula is C14H24BNO3. The topological polar surface area (TPSA) is 52.9 Å². The first-order valence-electron chi connectivity index (χ1n) is 6.65. The number of methoxy groups -OCH3 is 1. The fourth-order valence-corrected chi connectivity index (χ4v) is 1.93. The molecule has 4 nitrogen and oxygen atoms in total. The lowest BCUT2D eigenvalue weighted by molar-refractivity contribution is 0.297. The Morgan fingerprint density at radius 1 is 1.32 bits per heavy atom. The largest absolute Gasteiger partial charge is 0.496 e. The van der Waals surface area contributed by atoms with Crippen LogP contribution in [0.4, 0.5) is 0 Å². The highest BCUT2D eigenvalue weighted by Crippen LogP contribution is 2.18. The van der Waals surface area contributed by atoms with Crippen LogP contribution in [-0.2, 0) is 6.54 Å². The van der Waals surface area contributed by atoms with Crippen molar-refractivity contribution in [1.29, 1.82) is 0 Å². The van der Waals surface area contributed by atoms with E-state index in [2.05, 4.69) is 25.8 Å². The Morgan fingerprint density at radius 3 is 2.53 bits per heavy atom. The van der Waals surface area contributed by atoms with E-state index in [-0.39, 0.29) is 0 Å². The summed E-state index contributed by atoms with van der Waals surface area (Å²) >= 11 is 0. The van der Waals surface area contributed by atoms with Crippen LogP contribution in [0.25, 0.3) is 0 Å². The fourth-order valence-electron chi connectivity index (χ4n) is 1.93. The molecular weight excluding hydrogens is 241 g/mol. The Labute approximate surface area is 116 Å². The molecule has 0 aliphatic carbocycles. The second kappa shape index (κ2) is 7.53. The van der Waals surface area contributed by atoms with E-state index in [1.165, 1.54) is 0 Å². The van der Waals surface area contributed by atoms with Crippen LogP contribution in [0.1, 0.15) is 25.8 Å². The van der Waals surface area contributed by atoms with E-state index < -0.39 is 7.12 Å². The number of hydrogen-bond acceptors (Lipinski definition) is 4. The maximum atomic E-state index is 9.22. The summed E-state index contributed by atoms with van der Waals surface area (Å²) in [5, 5.41) is 18.4. The molecule has 5 heteroatoms. The van der Waals surface area contributed by atoms with Gasteiger partial charge in [-0.25, -0.2) is 0 Å². The molecule has 0 saturated carbocycles. The molecule has 0 saturated heterocycles. The Hall–Kier alpha value is -1.04. The van der Waals surface area contributed by atoms with Gasteiger partial charge in [-0.1, -0.05) is 26.0 Å². The molecule has 0 radical (unpaired) electrons. The molecule has 0 aliphatic rings. The minimum atomic E-state index is -1.44. The van der Waals surface area contributed by atoms with Gasteiger partial charge >= 0.3 is 7.12 Å². The van der Waals surface area contributed by atoms with E-state index in [1.807, 2.05) is 0 Å². The minimum Gasteiger partial charge on any atom is -0.496 e. The average Bonchev–Trinajstić information content (AvgIpc) is 2.36. The maximum Gasteiger partial charge on any atom is 0.488 e. The SMILES string of the molecule is COc1ccc(B(O)O)cc1CN(C)CCC(C)C. The fraction of sp³-hybridized carbons (Fsp3) is 0.571. The quantitative estimate of drug-likeness (QED) is 0.718. The van der Waals surface area contributed by atoms with Crippen LogP contribution in [0.15, 0.2) is 18.2 Å². The van der Waals surface area contributed by atoms with Crippen LogP contribution in [0.3, 0.4) is 0 Å². The van der Waals surface area contributed by atoms with Crippen LogP contribution in [0.2, 0.25) is 0 Å². The van der Waals surface area contributed by atoms with E-state index in [0.29, 0.717) is 11.4 Å². The summed E-state index contributed by atoms with van der Waals surface area (Å²) in [6, 6.07) is 5.23. The minimum absolute atomic E-state index is 0.494. The van der Waals surface area contributed by atoms with Crippen LogP contribution >= 0.6 is 0 Å². The van der Waals surface area contributed by atoms with Gasteiger partial charge in [0.25, 0.3) is 0 Å². The number of benzene rings is 1. The van der Waals surface area contributed by atoms with E-state index >= 15 is 0 Å². The van der Waals surface area contributed by atoms with Crippen molar-refractivity contribution in [2.24, 2.45) is 5.92 Å². The Balaban J connectivity index is 2.76. The van der Waals surface area contributed by atoms with E-state index in [0.717, 1.165) is 30.8 Å². The molecule has 1 rings (SSSR count). The van der Waals surface area contributed by atoms with Crippen LogP contribution < -0.4 is 10.2 Å². The standard InChI is InChI=1S/C14H24BNO3/c1-11(2)7-8-16(3)10-12-9-13(15(17)18)5-6-14(12)19-4/h5-6,9,11,17-18H,7-8,10H2,1-4H3. The van der Waals surface area contributed by atoms with Gasteiger partial charge in [0.05, 0.1) is 7.11 Å². The van der Waals surface area contributed by atoms with Gasteiger partial charge in [-0.2, -0.15) is 0 Å². The smallest absolute Gasteiger partial charge is 0.488 e. The second-order valence-electron chi connectivity index (χ2n) is 5.37. The zero-order valence-electron chi connectivity index (χ0n) is 12.3. The highest BCUT2D eigenvalue weighted by molar-refractivity contribution is 6.58. The molecule has 2 N–H and O–H groups in total. The highest BCUT2D eigenvalue weighted by atomic mass is 16.5. The molecule has 19 heavy (non-hydrogen) atoms. The molecule has 0 bridgehead atoms. The van der Waals surface area contributed by atoms with Crippen molar-refractivity contribution in [3.05, 3.63) is 23.8 Å². The van der Waals surface area contributed by atoms with Crippen molar-refractivity contribution >= 4 is 12.6 Å². The van der Waals surface area contributed by atoms with Crippen molar-refractivity contribution in [2.75, 3.05) is 20.7 Å². The van der Waals surface area contributed by atoms with Crippen molar-refractivity contribution in [3.8, 4) is 5.75 Å². The van der Waals surface area contributed by atoms with Gasteiger partial charge in [0, 0.05) is 12.1 Å². The van der Waals surface area contributed by atoms with E-state index in [9.17, 15) is 10.0 Å². The summed E-state index contributed by atoms with van der Waals surface area (Å²) < 4.78 is 5.32.